The van der Waals surface area contributed by atoms with Gasteiger partial charge in [-0.2, -0.15) is 0 Å². The van der Waals surface area contributed by atoms with Crippen LogP contribution in [0.4, 0.5) is 5.69 Å². The average Bonchev–Trinajstić information content (AvgIpc) is 2.43. The number of rotatable bonds is 6. The Kier molecular flexibility index (Phi) is 5.48. The van der Waals surface area contributed by atoms with Crippen LogP contribution in [0.1, 0.15) is 37.6 Å². The number of hydrogen-bond acceptors (Lipinski definition) is 4. The molecule has 0 aromatic heterocycles. The van der Waals surface area contributed by atoms with Crippen LogP contribution in [0.2, 0.25) is 5.02 Å². The van der Waals surface area contributed by atoms with Gasteiger partial charge in [0.2, 0.25) is 5.91 Å². The zero-order valence-electron chi connectivity index (χ0n) is 12.6. The third-order valence-corrected chi connectivity index (χ3v) is 3.96. The van der Waals surface area contributed by atoms with Gasteiger partial charge in [-0.3, -0.25) is 19.7 Å². The average molecular weight is 328 g/mol. The van der Waals surface area contributed by atoms with E-state index in [4.69, 9.17) is 17.3 Å². The number of amides is 2. The van der Waals surface area contributed by atoms with Crippen LogP contribution in [-0.2, 0) is 4.79 Å². The van der Waals surface area contributed by atoms with Crippen molar-refractivity contribution in [3.63, 3.8) is 0 Å². The summed E-state index contributed by atoms with van der Waals surface area (Å²) in [6.07, 6.45) is 0.271. The minimum atomic E-state index is -1.27. The summed E-state index contributed by atoms with van der Waals surface area (Å²) in [5.74, 6) is -1.70. The second-order valence-electron chi connectivity index (χ2n) is 5.22. The molecule has 0 unspecified atom stereocenters. The van der Waals surface area contributed by atoms with Crippen molar-refractivity contribution in [3.05, 3.63) is 38.9 Å². The maximum Gasteiger partial charge on any atom is 0.283 e. The second kappa shape index (κ2) is 6.74. The van der Waals surface area contributed by atoms with Crippen molar-refractivity contribution in [3.8, 4) is 0 Å². The maximum absolute atomic E-state index is 12.4. The van der Waals surface area contributed by atoms with Crippen LogP contribution in [0, 0.1) is 16.0 Å². The highest BCUT2D eigenvalue weighted by Gasteiger charge is 2.40. The number of nitro groups is 1. The fourth-order valence-corrected chi connectivity index (χ4v) is 2.45. The van der Waals surface area contributed by atoms with Crippen molar-refractivity contribution in [2.75, 3.05) is 0 Å². The summed E-state index contributed by atoms with van der Waals surface area (Å²) in [5, 5.41) is 13.7. The normalized spacial score (nSPS) is 13.5. The monoisotopic (exact) mass is 327 g/mol. The summed E-state index contributed by atoms with van der Waals surface area (Å²) in [4.78, 5) is 34.5. The number of nitrogens with two attached hydrogens (primary N) is 1. The Morgan fingerprint density at radius 1 is 1.45 bits per heavy atom. The topological polar surface area (TPSA) is 115 Å². The molecule has 22 heavy (non-hydrogen) atoms. The van der Waals surface area contributed by atoms with Gasteiger partial charge in [0.1, 0.15) is 11.1 Å². The molecule has 0 saturated carbocycles. The molecule has 3 N–H and O–H groups in total. The van der Waals surface area contributed by atoms with Gasteiger partial charge in [-0.25, -0.2) is 0 Å². The summed E-state index contributed by atoms with van der Waals surface area (Å²) in [5.41, 5.74) is 3.55. The first-order valence-electron chi connectivity index (χ1n) is 6.72. The van der Waals surface area contributed by atoms with E-state index in [-0.39, 0.29) is 22.9 Å². The lowest BCUT2D eigenvalue weighted by Gasteiger charge is -2.34. The van der Waals surface area contributed by atoms with E-state index in [2.05, 4.69) is 5.32 Å². The number of nitrogens with zero attached hydrogens (tertiary/aromatic N) is 1. The van der Waals surface area contributed by atoms with E-state index < -0.39 is 28.0 Å². The van der Waals surface area contributed by atoms with Gasteiger partial charge in [-0.05, 0) is 24.5 Å². The van der Waals surface area contributed by atoms with Crippen LogP contribution in [0.5, 0.6) is 0 Å². The van der Waals surface area contributed by atoms with Crippen LogP contribution in [0.25, 0.3) is 0 Å². The molecule has 2 amide bonds. The second-order valence-corrected chi connectivity index (χ2v) is 5.65. The fourth-order valence-electron chi connectivity index (χ4n) is 2.28. The summed E-state index contributed by atoms with van der Waals surface area (Å²) in [6, 6.07) is 3.71. The van der Waals surface area contributed by atoms with Gasteiger partial charge in [0.25, 0.3) is 11.6 Å². The highest BCUT2D eigenvalue weighted by molar-refractivity contribution is 6.31. The number of halogens is 1. The molecule has 1 rings (SSSR count). The molecular formula is C14H18ClN3O4. The summed E-state index contributed by atoms with van der Waals surface area (Å²) in [6.45, 7) is 5.19. The van der Waals surface area contributed by atoms with Crippen LogP contribution < -0.4 is 11.1 Å². The van der Waals surface area contributed by atoms with Crippen LogP contribution in [-0.4, -0.2) is 22.3 Å². The molecule has 8 heteroatoms. The Morgan fingerprint density at radius 3 is 2.45 bits per heavy atom. The van der Waals surface area contributed by atoms with Crippen LogP contribution in [0.15, 0.2) is 18.2 Å². The highest BCUT2D eigenvalue weighted by Crippen LogP contribution is 2.26. The largest absolute Gasteiger partial charge is 0.368 e. The molecular weight excluding hydrogens is 310 g/mol. The fraction of sp³-hybridized carbons (Fsp3) is 0.429. The molecule has 0 fully saturated rings. The number of carbonyl (C=O) groups is 2. The molecule has 7 nitrogen and oxygen atoms in total. The number of nitrogens with one attached hydrogen (secondary N) is 1. The van der Waals surface area contributed by atoms with E-state index >= 15 is 0 Å². The van der Waals surface area contributed by atoms with Crippen molar-refractivity contribution >= 4 is 29.1 Å². The van der Waals surface area contributed by atoms with Crippen LogP contribution >= 0.6 is 11.6 Å². The van der Waals surface area contributed by atoms with Gasteiger partial charge in [0.05, 0.1) is 4.92 Å². The number of hydrogen-bond donors (Lipinski definition) is 2. The Hall–Kier alpha value is -2.15. The summed E-state index contributed by atoms with van der Waals surface area (Å²) >= 11 is 5.72. The third-order valence-electron chi connectivity index (χ3n) is 3.72. The van der Waals surface area contributed by atoms with Crippen molar-refractivity contribution in [2.45, 2.75) is 32.7 Å². The standard InChI is InChI=1S/C14H18ClN3O4/c1-4-14(8(2)3,13(16)20)17-12(19)10-6-5-9(15)7-11(10)18(21)22/h5-8H,4H2,1-3H3,(H2,16,20)(H,17,19)/t14-/m0/s1. The van der Waals surface area contributed by atoms with Gasteiger partial charge in [0.15, 0.2) is 0 Å². The third kappa shape index (κ3) is 3.36. The van der Waals surface area contributed by atoms with E-state index in [1.165, 1.54) is 12.1 Å². The first-order valence-corrected chi connectivity index (χ1v) is 7.09. The molecule has 0 heterocycles. The molecule has 120 valence electrons. The molecule has 0 aliphatic heterocycles. The number of benzene rings is 1. The van der Waals surface area contributed by atoms with Crippen molar-refractivity contribution in [1.29, 1.82) is 0 Å². The molecule has 0 saturated heterocycles. The molecule has 0 bridgehead atoms. The Bertz CT molecular complexity index is 618. The molecule has 0 radical (unpaired) electrons. The van der Waals surface area contributed by atoms with Gasteiger partial charge >= 0.3 is 0 Å². The summed E-state index contributed by atoms with van der Waals surface area (Å²) < 4.78 is 0. The quantitative estimate of drug-likeness (QED) is 0.615. The van der Waals surface area contributed by atoms with Gasteiger partial charge < -0.3 is 11.1 Å². The predicted molar refractivity (Wildman–Crippen MR) is 82.6 cm³/mol. The Labute approximate surface area is 133 Å². The lowest BCUT2D eigenvalue weighted by atomic mass is 9.82. The molecule has 1 atom stereocenters. The lowest BCUT2D eigenvalue weighted by Crippen LogP contribution is -2.60. The highest BCUT2D eigenvalue weighted by atomic mass is 35.5. The van der Waals surface area contributed by atoms with Crippen molar-refractivity contribution in [1.82, 2.24) is 5.32 Å². The van der Waals surface area contributed by atoms with Crippen molar-refractivity contribution < 1.29 is 14.5 Å². The predicted octanol–water partition coefficient (Wildman–Crippen LogP) is 2.27. The zero-order chi connectivity index (χ0) is 17.1. The maximum atomic E-state index is 12.4. The molecule has 1 aromatic rings. The van der Waals surface area contributed by atoms with E-state index in [9.17, 15) is 19.7 Å². The molecule has 1 aromatic carbocycles. The Morgan fingerprint density at radius 2 is 2.05 bits per heavy atom. The first-order chi connectivity index (χ1) is 10.2. The minimum Gasteiger partial charge on any atom is -0.368 e. The van der Waals surface area contributed by atoms with Crippen LogP contribution in [0.3, 0.4) is 0 Å². The minimum absolute atomic E-state index is 0.142. The lowest BCUT2D eigenvalue weighted by molar-refractivity contribution is -0.385. The van der Waals surface area contributed by atoms with E-state index in [0.29, 0.717) is 0 Å². The van der Waals surface area contributed by atoms with E-state index in [0.717, 1.165) is 6.07 Å². The van der Waals surface area contributed by atoms with E-state index in [1.807, 2.05) is 0 Å². The number of nitro benzene ring substituents is 1. The molecule has 0 aliphatic rings. The molecule has 0 aliphatic carbocycles. The number of primary amides is 1. The first kappa shape index (κ1) is 17.9. The molecule has 0 spiro atoms. The SMILES string of the molecule is CC[C@@](NC(=O)c1ccc(Cl)cc1[N+](=O)[O-])(C(N)=O)C(C)C. The number of carbonyl (C=O) groups excluding carboxylic acids is 2. The van der Waals surface area contributed by atoms with E-state index in [1.54, 1.807) is 20.8 Å². The van der Waals surface area contributed by atoms with Crippen molar-refractivity contribution in [2.24, 2.45) is 11.7 Å². The zero-order valence-corrected chi connectivity index (χ0v) is 13.3. The van der Waals surface area contributed by atoms with Gasteiger partial charge in [-0.15, -0.1) is 0 Å². The van der Waals surface area contributed by atoms with Gasteiger partial charge in [-0.1, -0.05) is 32.4 Å². The van der Waals surface area contributed by atoms with Gasteiger partial charge in [0, 0.05) is 11.1 Å². The summed E-state index contributed by atoms with van der Waals surface area (Å²) in [7, 11) is 0. The smallest absolute Gasteiger partial charge is 0.283 e. The Balaban J connectivity index is 3.27.